The molecule has 1 saturated heterocycles. The van der Waals surface area contributed by atoms with E-state index in [4.69, 9.17) is 10.1 Å². The van der Waals surface area contributed by atoms with E-state index in [1.807, 2.05) is 35.4 Å². The van der Waals surface area contributed by atoms with Crippen LogP contribution in [-0.4, -0.2) is 54.5 Å². The number of fused-ring (bicyclic) bond motifs is 3. The van der Waals surface area contributed by atoms with Crippen LogP contribution >= 0.6 is 11.3 Å². The summed E-state index contributed by atoms with van der Waals surface area (Å²) in [5.74, 6) is -0.159. The minimum absolute atomic E-state index is 0.0303. The second kappa shape index (κ2) is 9.27. The molecule has 6 rings (SSSR count). The number of likely N-dealkylation sites (tertiary alicyclic amines) is 1. The van der Waals surface area contributed by atoms with Crippen molar-refractivity contribution in [1.29, 1.82) is 0 Å². The molecule has 0 unspecified atom stereocenters. The Kier molecular flexibility index (Phi) is 5.80. The molecule has 0 bridgehead atoms. The number of carbonyl (C=O) groups is 2. The number of thiazole rings is 1. The second-order valence-electron chi connectivity index (χ2n) is 9.08. The number of carbonyl (C=O) groups excluding carboxylic acids is 2. The highest BCUT2D eigenvalue weighted by molar-refractivity contribution is 7.19. The van der Waals surface area contributed by atoms with Gasteiger partial charge in [0.2, 0.25) is 5.91 Å². The average Bonchev–Trinajstić information content (AvgIpc) is 3.50. The van der Waals surface area contributed by atoms with Gasteiger partial charge in [-0.15, -0.1) is 0 Å². The number of rotatable bonds is 4. The van der Waals surface area contributed by atoms with Crippen LogP contribution in [0, 0.1) is 0 Å². The zero-order valence-corrected chi connectivity index (χ0v) is 20.7. The first-order chi connectivity index (χ1) is 17.6. The van der Waals surface area contributed by atoms with Crippen LogP contribution in [-0.2, 0) is 17.6 Å². The number of hydrogen-bond donors (Lipinski definition) is 1. The number of piperidine rings is 1. The smallest absolute Gasteiger partial charge is 0.272 e. The highest BCUT2D eigenvalue weighted by Crippen LogP contribution is 2.45. The summed E-state index contributed by atoms with van der Waals surface area (Å²) in [5.41, 5.74) is 5.69. The van der Waals surface area contributed by atoms with E-state index in [0.29, 0.717) is 23.9 Å². The van der Waals surface area contributed by atoms with Crippen molar-refractivity contribution in [2.45, 2.75) is 38.6 Å². The van der Waals surface area contributed by atoms with E-state index in [1.54, 1.807) is 18.5 Å². The number of aryl methyl sites for hydroxylation is 1. The van der Waals surface area contributed by atoms with Gasteiger partial charge in [0.1, 0.15) is 5.69 Å². The van der Waals surface area contributed by atoms with Crippen LogP contribution in [0.4, 0.5) is 5.13 Å². The number of amides is 2. The van der Waals surface area contributed by atoms with Crippen molar-refractivity contribution < 1.29 is 9.59 Å². The van der Waals surface area contributed by atoms with Crippen LogP contribution < -0.4 is 5.32 Å². The van der Waals surface area contributed by atoms with Crippen LogP contribution in [0.3, 0.4) is 0 Å². The standard InChI is InChI=1S/C26H25N7O2S/c1-16(34)29-26-30-20-8-7-19-22(17-5-4-11-27-15-17)31-33(23(19)24(20)36-26)18-9-13-32(14-10-18)25(35)21-6-2-3-12-28-21/h2-6,11-12,15,18H,7-10,13-14H2,1H3,(H,29,30,34). The minimum Gasteiger partial charge on any atom is -0.337 e. The molecule has 1 aliphatic heterocycles. The maximum atomic E-state index is 12.9. The Bertz CT molecular complexity index is 1420. The summed E-state index contributed by atoms with van der Waals surface area (Å²) in [6.07, 6.45) is 8.49. The molecule has 1 fully saturated rings. The van der Waals surface area contributed by atoms with E-state index < -0.39 is 0 Å². The van der Waals surface area contributed by atoms with Gasteiger partial charge >= 0.3 is 0 Å². The predicted molar refractivity (Wildman–Crippen MR) is 137 cm³/mol. The van der Waals surface area contributed by atoms with Crippen LogP contribution in [0.25, 0.3) is 21.8 Å². The molecule has 36 heavy (non-hydrogen) atoms. The van der Waals surface area contributed by atoms with Gasteiger partial charge in [0.25, 0.3) is 5.91 Å². The van der Waals surface area contributed by atoms with Crippen molar-refractivity contribution in [1.82, 2.24) is 29.6 Å². The highest BCUT2D eigenvalue weighted by atomic mass is 32.1. The van der Waals surface area contributed by atoms with Crippen molar-refractivity contribution in [2.24, 2.45) is 0 Å². The summed E-state index contributed by atoms with van der Waals surface area (Å²) in [4.78, 5) is 40.8. The molecule has 0 spiro atoms. The van der Waals surface area contributed by atoms with Crippen molar-refractivity contribution in [3.8, 4) is 21.8 Å². The zero-order valence-electron chi connectivity index (χ0n) is 19.8. The summed E-state index contributed by atoms with van der Waals surface area (Å²) < 4.78 is 2.15. The average molecular weight is 500 g/mol. The monoisotopic (exact) mass is 499 g/mol. The third-order valence-electron chi connectivity index (χ3n) is 6.73. The Hall–Kier alpha value is -3.92. The van der Waals surface area contributed by atoms with Gasteiger partial charge in [-0.2, -0.15) is 5.10 Å². The number of nitrogens with zero attached hydrogens (tertiary/aromatic N) is 6. The van der Waals surface area contributed by atoms with Gasteiger partial charge in [-0.05, 0) is 49.9 Å². The zero-order chi connectivity index (χ0) is 24.6. The molecule has 2 aliphatic rings. The SMILES string of the molecule is CC(=O)Nc1nc2c(s1)-c1c(c(-c3cccnc3)nn1C1CCN(C(=O)c3ccccn3)CC1)CC2. The molecule has 1 aliphatic carbocycles. The quantitative estimate of drug-likeness (QED) is 0.455. The molecule has 5 heterocycles. The summed E-state index contributed by atoms with van der Waals surface area (Å²) in [5, 5.41) is 8.60. The molecular weight excluding hydrogens is 474 g/mol. The van der Waals surface area contributed by atoms with Gasteiger partial charge in [-0.1, -0.05) is 17.4 Å². The molecule has 10 heteroatoms. The minimum atomic E-state index is -0.129. The first-order valence-corrected chi connectivity index (χ1v) is 12.9. The molecule has 2 amide bonds. The van der Waals surface area contributed by atoms with Crippen molar-refractivity contribution in [3.63, 3.8) is 0 Å². The van der Waals surface area contributed by atoms with E-state index >= 15 is 0 Å². The topological polar surface area (TPSA) is 106 Å². The Morgan fingerprint density at radius 1 is 1.08 bits per heavy atom. The van der Waals surface area contributed by atoms with Crippen molar-refractivity contribution in [3.05, 3.63) is 65.9 Å². The third kappa shape index (κ3) is 4.07. The number of aromatic nitrogens is 5. The van der Waals surface area contributed by atoms with Crippen LogP contribution in [0.5, 0.6) is 0 Å². The molecule has 4 aromatic heterocycles. The fourth-order valence-corrected chi connectivity index (χ4v) is 6.19. The first-order valence-electron chi connectivity index (χ1n) is 12.1. The Morgan fingerprint density at radius 3 is 2.67 bits per heavy atom. The molecule has 9 nitrogen and oxygen atoms in total. The lowest BCUT2D eigenvalue weighted by molar-refractivity contribution is -0.114. The van der Waals surface area contributed by atoms with Crippen molar-refractivity contribution in [2.75, 3.05) is 18.4 Å². The van der Waals surface area contributed by atoms with Crippen LogP contribution in [0.15, 0.2) is 48.9 Å². The van der Waals surface area contributed by atoms with Crippen LogP contribution in [0.2, 0.25) is 0 Å². The molecule has 1 N–H and O–H groups in total. The number of pyridine rings is 2. The molecule has 0 saturated carbocycles. The molecule has 0 atom stereocenters. The maximum absolute atomic E-state index is 12.9. The number of nitrogens with one attached hydrogen (secondary N) is 1. The second-order valence-corrected chi connectivity index (χ2v) is 10.1. The summed E-state index contributed by atoms with van der Waals surface area (Å²) in [6, 6.07) is 9.53. The normalized spacial score (nSPS) is 15.3. The number of hydrogen-bond acceptors (Lipinski definition) is 7. The first kappa shape index (κ1) is 22.5. The van der Waals surface area contributed by atoms with Gasteiger partial charge in [-0.25, -0.2) is 4.98 Å². The lowest BCUT2D eigenvalue weighted by Gasteiger charge is -2.33. The van der Waals surface area contributed by atoms with E-state index in [-0.39, 0.29) is 17.9 Å². The lowest BCUT2D eigenvalue weighted by atomic mass is 9.95. The predicted octanol–water partition coefficient (Wildman–Crippen LogP) is 4.00. The molecular formula is C26H25N7O2S. The van der Waals surface area contributed by atoms with Gasteiger partial charge in [-0.3, -0.25) is 24.2 Å². The number of anilines is 1. The summed E-state index contributed by atoms with van der Waals surface area (Å²) in [7, 11) is 0. The maximum Gasteiger partial charge on any atom is 0.272 e. The molecule has 0 radical (unpaired) electrons. The van der Waals surface area contributed by atoms with E-state index in [1.165, 1.54) is 23.8 Å². The third-order valence-corrected chi connectivity index (χ3v) is 7.75. The van der Waals surface area contributed by atoms with E-state index in [2.05, 4.69) is 20.0 Å². The Balaban J connectivity index is 1.35. The largest absolute Gasteiger partial charge is 0.337 e. The van der Waals surface area contributed by atoms with Crippen LogP contribution in [0.1, 0.15) is 47.6 Å². The highest BCUT2D eigenvalue weighted by Gasteiger charge is 2.33. The summed E-state index contributed by atoms with van der Waals surface area (Å²) in [6.45, 7) is 2.78. The Labute approximate surface area is 212 Å². The fraction of sp³-hybridized carbons (Fsp3) is 0.308. The van der Waals surface area contributed by atoms with Gasteiger partial charge in [0, 0.05) is 49.7 Å². The fourth-order valence-electron chi connectivity index (χ4n) is 5.06. The molecule has 182 valence electrons. The van der Waals surface area contributed by atoms with E-state index in [9.17, 15) is 9.59 Å². The van der Waals surface area contributed by atoms with Crippen molar-refractivity contribution >= 4 is 28.3 Å². The van der Waals surface area contributed by atoms with E-state index in [0.717, 1.165) is 53.2 Å². The molecule has 4 aromatic rings. The van der Waals surface area contributed by atoms with Gasteiger partial charge < -0.3 is 10.2 Å². The van der Waals surface area contributed by atoms with Gasteiger partial charge in [0.15, 0.2) is 5.13 Å². The van der Waals surface area contributed by atoms with Gasteiger partial charge in [0.05, 0.1) is 28.0 Å². The lowest BCUT2D eigenvalue weighted by Crippen LogP contribution is -2.39. The summed E-state index contributed by atoms with van der Waals surface area (Å²) >= 11 is 1.50. The Morgan fingerprint density at radius 2 is 1.94 bits per heavy atom. The molecule has 0 aromatic carbocycles.